The fraction of sp³-hybridized carbons (Fsp3) is 0.839. The number of hydrogen-bond donors (Lipinski definition) is 0. The number of fused-ring (bicyclic) bond motifs is 5. The van der Waals surface area contributed by atoms with Crippen molar-refractivity contribution in [3.05, 3.63) is 11.6 Å². The summed E-state index contributed by atoms with van der Waals surface area (Å²) in [6, 6.07) is 0. The van der Waals surface area contributed by atoms with Crippen LogP contribution in [0.4, 0.5) is 0 Å². The Hall–Kier alpha value is -1.65. The minimum Gasteiger partial charge on any atom is -0.466 e. The van der Waals surface area contributed by atoms with Gasteiger partial charge in [-0.2, -0.15) is 0 Å². The maximum absolute atomic E-state index is 13.3. The fourth-order valence-corrected chi connectivity index (χ4v) is 9.01. The summed E-state index contributed by atoms with van der Waals surface area (Å²) in [5, 5.41) is 0. The molecule has 0 saturated heterocycles. The second-order valence-corrected chi connectivity index (χ2v) is 13.2. The topological polar surface area (TPSA) is 69.7 Å². The lowest BCUT2D eigenvalue weighted by molar-refractivity contribution is -0.148. The quantitative estimate of drug-likeness (QED) is 0.275. The maximum Gasteiger partial charge on any atom is 0.302 e. The van der Waals surface area contributed by atoms with Gasteiger partial charge in [0.2, 0.25) is 0 Å². The summed E-state index contributed by atoms with van der Waals surface area (Å²) in [5.74, 6) is 2.87. The lowest BCUT2D eigenvalue weighted by atomic mass is 9.47. The molecule has 0 aromatic carbocycles. The molecule has 0 aromatic heterocycles. The minimum absolute atomic E-state index is 0.0479. The lowest BCUT2D eigenvalue weighted by Crippen LogP contribution is -2.51. The fourth-order valence-electron chi connectivity index (χ4n) is 9.01. The van der Waals surface area contributed by atoms with Crippen molar-refractivity contribution < 1.29 is 23.9 Å². The van der Waals surface area contributed by atoms with Crippen LogP contribution >= 0.6 is 0 Å². The van der Waals surface area contributed by atoms with Crippen LogP contribution in [-0.2, 0) is 23.9 Å². The third-order valence-electron chi connectivity index (χ3n) is 11.0. The van der Waals surface area contributed by atoms with E-state index >= 15 is 0 Å². The molecule has 4 rings (SSSR count). The molecule has 0 amide bonds. The first-order chi connectivity index (χ1) is 17.0. The van der Waals surface area contributed by atoms with E-state index in [1.54, 1.807) is 0 Å². The first kappa shape index (κ1) is 27.4. The van der Waals surface area contributed by atoms with E-state index in [0.717, 1.165) is 32.1 Å². The Kier molecular flexibility index (Phi) is 8.07. The van der Waals surface area contributed by atoms with Crippen molar-refractivity contribution in [2.45, 2.75) is 112 Å². The van der Waals surface area contributed by atoms with Gasteiger partial charge in [0.25, 0.3) is 0 Å². The summed E-state index contributed by atoms with van der Waals surface area (Å²) in [6.07, 6.45) is 13.0. The number of ketones is 1. The van der Waals surface area contributed by atoms with Gasteiger partial charge in [0.05, 0.1) is 6.61 Å². The van der Waals surface area contributed by atoms with Crippen molar-refractivity contribution in [3.63, 3.8) is 0 Å². The van der Waals surface area contributed by atoms with Gasteiger partial charge >= 0.3 is 11.9 Å². The highest BCUT2D eigenvalue weighted by molar-refractivity contribution is 5.81. The SMILES string of the molecule is CC(=O)OC[C@H](C)CCC(=O)[C@H](C)[C@H]1CC[C@H]2[C@@H]3CC=C4C[C@@H](OC(C)=O)CC[C@]4(C)[C@H]3CC[C@]12C. The van der Waals surface area contributed by atoms with Gasteiger partial charge in [-0.25, -0.2) is 0 Å². The van der Waals surface area contributed by atoms with Crippen LogP contribution in [0.15, 0.2) is 11.6 Å². The molecule has 3 saturated carbocycles. The number of carbonyl (C=O) groups is 3. The molecule has 9 atom stereocenters. The molecule has 0 bridgehead atoms. The zero-order chi connectivity index (χ0) is 26.3. The second-order valence-electron chi connectivity index (χ2n) is 13.2. The molecule has 0 heterocycles. The first-order valence-corrected chi connectivity index (χ1v) is 14.5. The lowest BCUT2D eigenvalue weighted by Gasteiger charge is -2.58. The Labute approximate surface area is 218 Å². The Morgan fingerprint density at radius 1 is 1.00 bits per heavy atom. The molecule has 4 aliphatic rings. The predicted octanol–water partition coefficient (Wildman–Crippen LogP) is 6.68. The maximum atomic E-state index is 13.3. The van der Waals surface area contributed by atoms with Crippen molar-refractivity contribution in [3.8, 4) is 0 Å². The van der Waals surface area contributed by atoms with Gasteiger partial charge in [0, 0.05) is 32.6 Å². The van der Waals surface area contributed by atoms with E-state index < -0.39 is 0 Å². The molecule has 36 heavy (non-hydrogen) atoms. The van der Waals surface area contributed by atoms with E-state index in [4.69, 9.17) is 9.47 Å². The van der Waals surface area contributed by atoms with Crippen LogP contribution in [0.1, 0.15) is 106 Å². The molecule has 5 heteroatoms. The Morgan fingerprint density at radius 3 is 2.44 bits per heavy atom. The molecule has 5 nitrogen and oxygen atoms in total. The van der Waals surface area contributed by atoms with Crippen molar-refractivity contribution in [1.82, 2.24) is 0 Å². The van der Waals surface area contributed by atoms with Crippen LogP contribution in [0.3, 0.4) is 0 Å². The third-order valence-corrected chi connectivity index (χ3v) is 11.0. The van der Waals surface area contributed by atoms with Gasteiger partial charge in [0.15, 0.2) is 0 Å². The van der Waals surface area contributed by atoms with Crippen molar-refractivity contribution in [2.75, 3.05) is 6.61 Å². The number of allylic oxidation sites excluding steroid dienone is 1. The smallest absolute Gasteiger partial charge is 0.302 e. The average molecular weight is 501 g/mol. The monoisotopic (exact) mass is 500 g/mol. The standard InChI is InChI=1S/C31H48O5/c1-19(18-35-21(3)32)7-12-29(34)20(2)26-10-11-27-25-9-8-23-17-24(36-22(4)33)13-15-30(23,5)28(25)14-16-31(26,27)6/h8,19-20,24-28H,7,9-18H2,1-6H3/t19-,20-,24+,25+,26-,27+,28+,30+,31-/m1/s1. The summed E-state index contributed by atoms with van der Waals surface area (Å²) in [5.41, 5.74) is 2.01. The van der Waals surface area contributed by atoms with Crippen LogP contribution in [0.25, 0.3) is 0 Å². The van der Waals surface area contributed by atoms with Crippen molar-refractivity contribution in [1.29, 1.82) is 0 Å². The molecule has 0 N–H and O–H groups in total. The van der Waals surface area contributed by atoms with Crippen molar-refractivity contribution in [2.24, 2.45) is 46.3 Å². The summed E-state index contributed by atoms with van der Waals surface area (Å²) in [4.78, 5) is 35.9. The highest BCUT2D eigenvalue weighted by Crippen LogP contribution is 2.67. The summed E-state index contributed by atoms with van der Waals surface area (Å²) in [6.45, 7) is 12.6. The number of hydrogen-bond acceptors (Lipinski definition) is 5. The van der Waals surface area contributed by atoms with Crippen LogP contribution in [0, 0.1) is 46.3 Å². The van der Waals surface area contributed by atoms with E-state index in [-0.39, 0.29) is 40.7 Å². The molecular weight excluding hydrogens is 452 g/mol. The van der Waals surface area contributed by atoms with Gasteiger partial charge in [-0.15, -0.1) is 0 Å². The largest absolute Gasteiger partial charge is 0.466 e. The first-order valence-electron chi connectivity index (χ1n) is 14.5. The Bertz CT molecular complexity index is 891. The third kappa shape index (κ3) is 5.18. The van der Waals surface area contributed by atoms with Gasteiger partial charge in [-0.1, -0.05) is 39.3 Å². The number of rotatable bonds is 8. The van der Waals surface area contributed by atoms with Crippen LogP contribution < -0.4 is 0 Å². The van der Waals surface area contributed by atoms with Crippen LogP contribution in [0.5, 0.6) is 0 Å². The van der Waals surface area contributed by atoms with Gasteiger partial charge in [0.1, 0.15) is 11.9 Å². The molecule has 202 valence electrons. The van der Waals surface area contributed by atoms with Crippen molar-refractivity contribution >= 4 is 17.7 Å². The molecular formula is C31H48O5. The van der Waals surface area contributed by atoms with Gasteiger partial charge in [-0.3, -0.25) is 14.4 Å². The molecule has 3 fully saturated rings. The highest BCUT2D eigenvalue weighted by Gasteiger charge is 2.59. The molecule has 0 spiro atoms. The highest BCUT2D eigenvalue weighted by atomic mass is 16.5. The molecule has 0 aromatic rings. The predicted molar refractivity (Wildman–Crippen MR) is 140 cm³/mol. The zero-order valence-electron chi connectivity index (χ0n) is 23.4. The Morgan fingerprint density at radius 2 is 1.75 bits per heavy atom. The van der Waals surface area contributed by atoms with E-state index in [0.29, 0.717) is 42.5 Å². The van der Waals surface area contributed by atoms with Crippen LogP contribution in [-0.4, -0.2) is 30.4 Å². The molecule has 4 aliphatic carbocycles. The van der Waals surface area contributed by atoms with E-state index in [1.807, 2.05) is 0 Å². The van der Waals surface area contributed by atoms with E-state index in [9.17, 15) is 14.4 Å². The van der Waals surface area contributed by atoms with Gasteiger partial charge < -0.3 is 9.47 Å². The van der Waals surface area contributed by atoms with E-state index in [1.165, 1.54) is 45.1 Å². The zero-order valence-corrected chi connectivity index (χ0v) is 23.4. The number of carbonyl (C=O) groups excluding carboxylic acids is 3. The van der Waals surface area contributed by atoms with Gasteiger partial charge in [-0.05, 0) is 91.8 Å². The average Bonchev–Trinajstić information content (AvgIpc) is 3.17. The van der Waals surface area contributed by atoms with Crippen LogP contribution in [0.2, 0.25) is 0 Å². The molecule has 0 radical (unpaired) electrons. The summed E-state index contributed by atoms with van der Waals surface area (Å²) >= 11 is 0. The number of Topliss-reactive ketones (excluding diaryl/α,β-unsaturated/α-hetero) is 1. The van der Waals surface area contributed by atoms with E-state index in [2.05, 4.69) is 33.8 Å². The summed E-state index contributed by atoms with van der Waals surface area (Å²) in [7, 11) is 0. The minimum atomic E-state index is -0.252. The number of esters is 2. The normalized spacial score (nSPS) is 39.1. The summed E-state index contributed by atoms with van der Waals surface area (Å²) < 4.78 is 10.7. The molecule has 0 aliphatic heterocycles. The second kappa shape index (κ2) is 10.6. The number of ether oxygens (including phenoxy) is 2. The molecule has 0 unspecified atom stereocenters. The Balaban J connectivity index is 1.41.